The molecule has 4 rings (SSSR count). The summed E-state index contributed by atoms with van der Waals surface area (Å²) in [5.41, 5.74) is 0. The first-order chi connectivity index (χ1) is 12.9. The fourth-order valence-corrected chi connectivity index (χ4v) is 4.03. The second-order valence-electron chi connectivity index (χ2n) is 6.70. The number of hydrogen-bond donors (Lipinski definition) is 1. The lowest BCUT2D eigenvalue weighted by atomic mass is 10.2. The SMILES string of the molecule is CN(C[C@@H]1COc2ccccc2O1)C(=O)c1ccc(S(=O)(=O)NC2CC2)o1. The van der Waals surface area contributed by atoms with Crippen LogP contribution in [0.2, 0.25) is 0 Å². The fourth-order valence-electron chi connectivity index (χ4n) is 2.79. The van der Waals surface area contributed by atoms with E-state index >= 15 is 0 Å². The highest BCUT2D eigenvalue weighted by Gasteiger charge is 2.31. The van der Waals surface area contributed by atoms with Gasteiger partial charge in [-0.15, -0.1) is 0 Å². The molecule has 2 heterocycles. The molecule has 2 aliphatic rings. The number of nitrogens with one attached hydrogen (secondary N) is 1. The molecule has 0 radical (unpaired) electrons. The monoisotopic (exact) mass is 392 g/mol. The van der Waals surface area contributed by atoms with E-state index in [4.69, 9.17) is 13.9 Å². The Morgan fingerprint density at radius 2 is 1.93 bits per heavy atom. The van der Waals surface area contributed by atoms with Gasteiger partial charge in [0.15, 0.2) is 23.4 Å². The second kappa shape index (κ2) is 6.90. The van der Waals surface area contributed by atoms with Crippen molar-refractivity contribution in [3.63, 3.8) is 0 Å². The number of furan rings is 1. The van der Waals surface area contributed by atoms with Crippen molar-refractivity contribution in [2.75, 3.05) is 20.2 Å². The molecule has 0 spiro atoms. The smallest absolute Gasteiger partial charge is 0.289 e. The minimum absolute atomic E-state index is 0.0340. The van der Waals surface area contributed by atoms with Gasteiger partial charge in [0, 0.05) is 13.1 Å². The lowest BCUT2D eigenvalue weighted by Gasteiger charge is -2.29. The standard InChI is InChI=1S/C18H20N2O6S/c1-20(10-13-11-24-14-4-2-3-5-15(14)25-13)18(21)16-8-9-17(26-16)27(22,23)19-12-6-7-12/h2-5,8-9,12-13,19H,6-7,10-11H2,1H3/t13-/m1/s1. The molecule has 9 heteroatoms. The highest BCUT2D eigenvalue weighted by atomic mass is 32.2. The van der Waals surface area contributed by atoms with Crippen LogP contribution in [0.25, 0.3) is 0 Å². The zero-order valence-corrected chi connectivity index (χ0v) is 15.6. The van der Waals surface area contributed by atoms with E-state index in [2.05, 4.69) is 4.72 Å². The Morgan fingerprint density at radius 3 is 2.67 bits per heavy atom. The molecule has 1 aliphatic carbocycles. The predicted octanol–water partition coefficient (Wildman–Crippen LogP) is 1.63. The zero-order valence-electron chi connectivity index (χ0n) is 14.8. The number of hydrogen-bond acceptors (Lipinski definition) is 6. The molecule has 0 bridgehead atoms. The average molecular weight is 392 g/mol. The second-order valence-corrected chi connectivity index (χ2v) is 8.34. The molecule has 0 saturated heterocycles. The largest absolute Gasteiger partial charge is 0.486 e. The molecule has 1 saturated carbocycles. The van der Waals surface area contributed by atoms with Crippen molar-refractivity contribution in [1.29, 1.82) is 0 Å². The van der Waals surface area contributed by atoms with E-state index in [0.717, 1.165) is 12.8 Å². The van der Waals surface area contributed by atoms with E-state index in [1.807, 2.05) is 18.2 Å². The summed E-state index contributed by atoms with van der Waals surface area (Å²) in [5.74, 6) is 0.843. The lowest BCUT2D eigenvalue weighted by Crippen LogP contribution is -2.41. The predicted molar refractivity (Wildman–Crippen MR) is 95.4 cm³/mol. The normalized spacial score (nSPS) is 18.9. The number of fused-ring (bicyclic) bond motifs is 1. The van der Waals surface area contributed by atoms with Crippen LogP contribution in [0.1, 0.15) is 23.4 Å². The first-order valence-electron chi connectivity index (χ1n) is 8.68. The van der Waals surface area contributed by atoms with Crippen molar-refractivity contribution < 1.29 is 27.1 Å². The minimum Gasteiger partial charge on any atom is -0.486 e. The first kappa shape index (κ1) is 17.9. The summed E-state index contributed by atoms with van der Waals surface area (Å²) in [6.45, 7) is 0.591. The van der Waals surface area contributed by atoms with Crippen LogP contribution in [0.4, 0.5) is 0 Å². The molecule has 2 aromatic rings. The molecule has 27 heavy (non-hydrogen) atoms. The van der Waals surface area contributed by atoms with Gasteiger partial charge in [-0.1, -0.05) is 12.1 Å². The van der Waals surface area contributed by atoms with Crippen LogP contribution in [0.3, 0.4) is 0 Å². The van der Waals surface area contributed by atoms with Gasteiger partial charge in [0.05, 0.1) is 6.54 Å². The number of carbonyl (C=O) groups excluding carboxylic acids is 1. The molecular formula is C18H20N2O6S. The van der Waals surface area contributed by atoms with Gasteiger partial charge in [-0.25, -0.2) is 13.1 Å². The topological polar surface area (TPSA) is 98.1 Å². The van der Waals surface area contributed by atoms with E-state index in [-0.39, 0.29) is 29.5 Å². The van der Waals surface area contributed by atoms with Gasteiger partial charge in [0.2, 0.25) is 5.09 Å². The molecule has 1 fully saturated rings. The highest BCUT2D eigenvalue weighted by Crippen LogP contribution is 2.31. The number of para-hydroxylation sites is 2. The number of amides is 1. The van der Waals surface area contributed by atoms with Crippen LogP contribution in [0.15, 0.2) is 45.9 Å². The maximum atomic E-state index is 12.6. The van der Waals surface area contributed by atoms with Gasteiger partial charge in [-0.3, -0.25) is 4.79 Å². The van der Waals surface area contributed by atoms with Gasteiger partial charge >= 0.3 is 0 Å². The van der Waals surface area contributed by atoms with E-state index < -0.39 is 15.9 Å². The third-order valence-electron chi connectivity index (χ3n) is 4.35. The van der Waals surface area contributed by atoms with Gasteiger partial charge in [0.1, 0.15) is 6.61 Å². The van der Waals surface area contributed by atoms with Gasteiger partial charge in [0.25, 0.3) is 15.9 Å². The molecule has 1 aromatic carbocycles. The number of benzene rings is 1. The van der Waals surface area contributed by atoms with Crippen LogP contribution < -0.4 is 14.2 Å². The number of rotatable bonds is 6. The maximum absolute atomic E-state index is 12.6. The molecule has 1 N–H and O–H groups in total. The molecular weight excluding hydrogens is 372 g/mol. The molecule has 8 nitrogen and oxygen atoms in total. The zero-order chi connectivity index (χ0) is 19.0. The summed E-state index contributed by atoms with van der Waals surface area (Å²) in [6.07, 6.45) is 1.31. The quantitative estimate of drug-likeness (QED) is 0.802. The number of nitrogens with zero attached hydrogens (tertiary/aromatic N) is 1. The summed E-state index contributed by atoms with van der Waals surface area (Å²) in [7, 11) is -2.13. The summed E-state index contributed by atoms with van der Waals surface area (Å²) >= 11 is 0. The molecule has 144 valence electrons. The Bertz CT molecular complexity index is 950. The average Bonchev–Trinajstić information content (AvgIpc) is 3.30. The Morgan fingerprint density at radius 1 is 1.19 bits per heavy atom. The van der Waals surface area contributed by atoms with Crippen LogP contribution in [0, 0.1) is 0 Å². The third-order valence-corrected chi connectivity index (χ3v) is 5.74. The van der Waals surface area contributed by atoms with Crippen LogP contribution in [-0.2, 0) is 10.0 Å². The van der Waals surface area contributed by atoms with Crippen LogP contribution >= 0.6 is 0 Å². The van der Waals surface area contributed by atoms with Crippen LogP contribution in [-0.4, -0.2) is 51.6 Å². The Hall–Kier alpha value is -2.52. The van der Waals surface area contributed by atoms with Crippen LogP contribution in [0.5, 0.6) is 11.5 Å². The molecule has 1 amide bonds. The van der Waals surface area contributed by atoms with Crippen molar-refractivity contribution in [3.8, 4) is 11.5 Å². The Kier molecular flexibility index (Phi) is 4.56. The molecule has 1 aromatic heterocycles. The maximum Gasteiger partial charge on any atom is 0.289 e. The number of carbonyl (C=O) groups is 1. The Labute approximate surface area is 157 Å². The molecule has 1 atom stereocenters. The van der Waals surface area contributed by atoms with E-state index in [1.54, 1.807) is 13.1 Å². The van der Waals surface area contributed by atoms with Crippen molar-refractivity contribution in [3.05, 3.63) is 42.2 Å². The number of likely N-dealkylation sites (N-methyl/N-ethyl adjacent to an activating group) is 1. The van der Waals surface area contributed by atoms with E-state index in [1.165, 1.54) is 17.0 Å². The lowest BCUT2D eigenvalue weighted by molar-refractivity contribution is 0.0498. The molecule has 0 unspecified atom stereocenters. The summed E-state index contributed by atoms with van der Waals surface area (Å²) in [5, 5.41) is -0.252. The summed E-state index contributed by atoms with van der Waals surface area (Å²) in [4.78, 5) is 14.0. The van der Waals surface area contributed by atoms with Crippen molar-refractivity contribution in [2.45, 2.75) is 30.1 Å². The third kappa shape index (κ3) is 3.93. The van der Waals surface area contributed by atoms with Gasteiger partial charge in [-0.05, 0) is 37.1 Å². The Balaban J connectivity index is 1.39. The van der Waals surface area contributed by atoms with Crippen molar-refractivity contribution in [1.82, 2.24) is 9.62 Å². The van der Waals surface area contributed by atoms with E-state index in [0.29, 0.717) is 18.1 Å². The van der Waals surface area contributed by atoms with Crippen molar-refractivity contribution >= 4 is 15.9 Å². The fraction of sp³-hybridized carbons (Fsp3) is 0.389. The summed E-state index contributed by atoms with van der Waals surface area (Å²) < 4.78 is 43.6. The van der Waals surface area contributed by atoms with Crippen molar-refractivity contribution in [2.24, 2.45) is 0 Å². The summed E-state index contributed by atoms with van der Waals surface area (Å²) in [6, 6.07) is 9.96. The van der Waals surface area contributed by atoms with Gasteiger partial charge in [-0.2, -0.15) is 0 Å². The molecule has 1 aliphatic heterocycles. The highest BCUT2D eigenvalue weighted by molar-refractivity contribution is 7.89. The van der Waals surface area contributed by atoms with Gasteiger partial charge < -0.3 is 18.8 Å². The number of sulfonamides is 1. The number of ether oxygens (including phenoxy) is 2. The first-order valence-corrected chi connectivity index (χ1v) is 10.2. The van der Waals surface area contributed by atoms with E-state index in [9.17, 15) is 13.2 Å². The minimum atomic E-state index is -3.73.